The summed E-state index contributed by atoms with van der Waals surface area (Å²) in [6.45, 7) is 7.11. The number of amides is 2. The molecule has 1 N–H and O–H groups in total. The summed E-state index contributed by atoms with van der Waals surface area (Å²) in [5, 5.41) is 2.96. The quantitative estimate of drug-likeness (QED) is 0.928. The van der Waals surface area contributed by atoms with E-state index in [0.717, 1.165) is 24.2 Å². The van der Waals surface area contributed by atoms with Gasteiger partial charge in [0.15, 0.2) is 5.76 Å². The van der Waals surface area contributed by atoms with Gasteiger partial charge in [0, 0.05) is 19.1 Å². The predicted molar refractivity (Wildman–Crippen MR) is 77.3 cm³/mol. The van der Waals surface area contributed by atoms with Gasteiger partial charge >= 0.3 is 6.09 Å². The Morgan fingerprint density at radius 1 is 1.38 bits per heavy atom. The molecule has 2 heterocycles. The maximum absolute atomic E-state index is 12.1. The summed E-state index contributed by atoms with van der Waals surface area (Å²) >= 11 is 0. The molecule has 0 atom stereocenters. The van der Waals surface area contributed by atoms with E-state index in [0.29, 0.717) is 25.5 Å². The molecule has 0 radical (unpaired) electrons. The number of hydrogen-bond donors (Lipinski definition) is 1. The Hall–Kier alpha value is -1.98. The van der Waals surface area contributed by atoms with Crippen molar-refractivity contribution in [2.75, 3.05) is 19.7 Å². The van der Waals surface area contributed by atoms with Crippen molar-refractivity contribution in [3.8, 4) is 0 Å². The molecule has 1 aromatic heterocycles. The second kappa shape index (κ2) is 6.65. The molecule has 1 aromatic rings. The molecule has 1 aliphatic heterocycles. The fraction of sp³-hybridized carbons (Fsp3) is 0.600. The summed E-state index contributed by atoms with van der Waals surface area (Å²) in [5.74, 6) is 0.913. The van der Waals surface area contributed by atoms with Gasteiger partial charge in [0.05, 0.1) is 6.61 Å². The van der Waals surface area contributed by atoms with Crippen LogP contribution in [0.3, 0.4) is 0 Å². The summed E-state index contributed by atoms with van der Waals surface area (Å²) < 4.78 is 10.4. The lowest BCUT2D eigenvalue weighted by Gasteiger charge is -2.31. The highest BCUT2D eigenvalue weighted by Crippen LogP contribution is 2.15. The lowest BCUT2D eigenvalue weighted by atomic mass is 10.1. The Morgan fingerprint density at radius 3 is 2.57 bits per heavy atom. The molecule has 2 rings (SSSR count). The van der Waals surface area contributed by atoms with Crippen LogP contribution in [0, 0.1) is 13.8 Å². The van der Waals surface area contributed by atoms with Gasteiger partial charge in [-0.25, -0.2) is 4.79 Å². The van der Waals surface area contributed by atoms with Crippen molar-refractivity contribution in [1.29, 1.82) is 0 Å². The summed E-state index contributed by atoms with van der Waals surface area (Å²) in [6.07, 6.45) is 1.17. The molecule has 6 heteroatoms. The van der Waals surface area contributed by atoms with Crippen molar-refractivity contribution in [2.45, 2.75) is 39.7 Å². The van der Waals surface area contributed by atoms with Gasteiger partial charge in [-0.3, -0.25) is 4.79 Å². The van der Waals surface area contributed by atoms with Crippen LogP contribution in [-0.2, 0) is 4.74 Å². The van der Waals surface area contributed by atoms with E-state index < -0.39 is 0 Å². The fourth-order valence-electron chi connectivity index (χ4n) is 2.36. The molecular formula is C15H22N2O4. The van der Waals surface area contributed by atoms with E-state index in [9.17, 15) is 9.59 Å². The largest absolute Gasteiger partial charge is 0.456 e. The van der Waals surface area contributed by atoms with Crippen LogP contribution in [0.5, 0.6) is 0 Å². The number of nitrogens with zero attached hydrogens (tertiary/aromatic N) is 1. The highest BCUT2D eigenvalue weighted by Gasteiger charge is 2.25. The SMILES string of the molecule is CCOC(=O)N1CCC(NC(=O)c2cc(C)c(C)o2)CC1. The van der Waals surface area contributed by atoms with E-state index >= 15 is 0 Å². The van der Waals surface area contributed by atoms with E-state index in [4.69, 9.17) is 9.15 Å². The van der Waals surface area contributed by atoms with Crippen LogP contribution < -0.4 is 5.32 Å². The number of ether oxygens (including phenoxy) is 1. The van der Waals surface area contributed by atoms with E-state index in [-0.39, 0.29) is 18.0 Å². The van der Waals surface area contributed by atoms with Crippen LogP contribution in [0.15, 0.2) is 10.5 Å². The Labute approximate surface area is 124 Å². The Bertz CT molecular complexity index is 496. The van der Waals surface area contributed by atoms with Crippen LogP contribution in [0.2, 0.25) is 0 Å². The molecule has 0 aliphatic carbocycles. The van der Waals surface area contributed by atoms with Gasteiger partial charge in [0.25, 0.3) is 5.91 Å². The molecule has 1 saturated heterocycles. The first-order valence-electron chi connectivity index (χ1n) is 7.30. The topological polar surface area (TPSA) is 71.8 Å². The smallest absolute Gasteiger partial charge is 0.409 e. The Balaban J connectivity index is 1.83. The lowest BCUT2D eigenvalue weighted by Crippen LogP contribution is -2.46. The zero-order chi connectivity index (χ0) is 15.4. The van der Waals surface area contributed by atoms with Crippen LogP contribution in [0.4, 0.5) is 4.79 Å². The third-order valence-corrected chi connectivity index (χ3v) is 3.75. The number of hydrogen-bond acceptors (Lipinski definition) is 4. The number of nitrogens with one attached hydrogen (secondary N) is 1. The minimum Gasteiger partial charge on any atom is -0.456 e. The number of carbonyl (C=O) groups is 2. The Morgan fingerprint density at radius 2 is 2.05 bits per heavy atom. The van der Waals surface area contributed by atoms with Gasteiger partial charge < -0.3 is 19.4 Å². The number of aryl methyl sites for hydroxylation is 2. The van der Waals surface area contributed by atoms with Crippen LogP contribution in [-0.4, -0.2) is 42.6 Å². The molecule has 0 saturated carbocycles. The number of likely N-dealkylation sites (tertiary alicyclic amines) is 1. The molecule has 1 aliphatic rings. The predicted octanol–water partition coefficient (Wildman–Crippen LogP) is 2.25. The number of carbonyl (C=O) groups excluding carboxylic acids is 2. The normalized spacial score (nSPS) is 15.9. The summed E-state index contributed by atoms with van der Waals surface area (Å²) in [5.41, 5.74) is 0.970. The third-order valence-electron chi connectivity index (χ3n) is 3.75. The average Bonchev–Trinajstić information content (AvgIpc) is 2.80. The first-order valence-corrected chi connectivity index (χ1v) is 7.30. The number of furan rings is 1. The van der Waals surface area contributed by atoms with Gasteiger partial charge in [-0.05, 0) is 45.2 Å². The van der Waals surface area contributed by atoms with Crippen molar-refractivity contribution in [1.82, 2.24) is 10.2 Å². The van der Waals surface area contributed by atoms with Gasteiger partial charge in [0.1, 0.15) is 5.76 Å². The summed E-state index contributed by atoms with van der Waals surface area (Å²) in [7, 11) is 0. The minimum absolute atomic E-state index is 0.0638. The van der Waals surface area contributed by atoms with Crippen LogP contribution >= 0.6 is 0 Å². The molecular weight excluding hydrogens is 272 g/mol. The summed E-state index contributed by atoms with van der Waals surface area (Å²) in [6, 6.07) is 1.81. The van der Waals surface area contributed by atoms with Gasteiger partial charge in [-0.15, -0.1) is 0 Å². The molecule has 0 aromatic carbocycles. The first-order chi connectivity index (χ1) is 10.0. The fourth-order valence-corrected chi connectivity index (χ4v) is 2.36. The molecule has 0 unspecified atom stereocenters. The number of piperidine rings is 1. The Kier molecular flexibility index (Phi) is 4.88. The van der Waals surface area contributed by atoms with Crippen molar-refractivity contribution in [3.63, 3.8) is 0 Å². The molecule has 21 heavy (non-hydrogen) atoms. The van der Waals surface area contributed by atoms with Crippen molar-refractivity contribution < 1.29 is 18.7 Å². The van der Waals surface area contributed by atoms with Gasteiger partial charge in [0.2, 0.25) is 0 Å². The second-order valence-corrected chi connectivity index (χ2v) is 5.28. The van der Waals surface area contributed by atoms with Gasteiger partial charge in [-0.2, -0.15) is 0 Å². The molecule has 2 amide bonds. The third kappa shape index (κ3) is 3.77. The van der Waals surface area contributed by atoms with E-state index in [2.05, 4.69) is 5.32 Å². The van der Waals surface area contributed by atoms with Crippen molar-refractivity contribution in [3.05, 3.63) is 23.2 Å². The molecule has 0 bridgehead atoms. The number of rotatable bonds is 3. The molecule has 0 spiro atoms. The molecule has 6 nitrogen and oxygen atoms in total. The second-order valence-electron chi connectivity index (χ2n) is 5.28. The zero-order valence-electron chi connectivity index (χ0n) is 12.8. The van der Waals surface area contributed by atoms with Crippen molar-refractivity contribution >= 4 is 12.0 Å². The molecule has 116 valence electrons. The van der Waals surface area contributed by atoms with Crippen molar-refractivity contribution in [2.24, 2.45) is 0 Å². The van der Waals surface area contributed by atoms with E-state index in [1.807, 2.05) is 13.8 Å². The first kappa shape index (κ1) is 15.4. The van der Waals surface area contributed by atoms with E-state index in [1.54, 1.807) is 17.9 Å². The lowest BCUT2D eigenvalue weighted by molar-refractivity contribution is 0.0839. The molecule has 1 fully saturated rings. The minimum atomic E-state index is -0.278. The maximum Gasteiger partial charge on any atom is 0.409 e. The zero-order valence-corrected chi connectivity index (χ0v) is 12.8. The maximum atomic E-state index is 12.1. The van der Waals surface area contributed by atoms with E-state index in [1.165, 1.54) is 0 Å². The summed E-state index contributed by atoms with van der Waals surface area (Å²) in [4.78, 5) is 25.4. The van der Waals surface area contributed by atoms with Gasteiger partial charge in [-0.1, -0.05) is 0 Å². The van der Waals surface area contributed by atoms with Crippen LogP contribution in [0.1, 0.15) is 41.6 Å². The highest BCUT2D eigenvalue weighted by molar-refractivity contribution is 5.92. The standard InChI is InChI=1S/C15H22N2O4/c1-4-20-15(19)17-7-5-12(6-8-17)16-14(18)13-9-10(2)11(3)21-13/h9,12H,4-8H2,1-3H3,(H,16,18). The average molecular weight is 294 g/mol. The monoisotopic (exact) mass is 294 g/mol. The highest BCUT2D eigenvalue weighted by atomic mass is 16.6. The van der Waals surface area contributed by atoms with Crippen LogP contribution in [0.25, 0.3) is 0 Å².